The van der Waals surface area contributed by atoms with Crippen molar-refractivity contribution >= 4 is 10.9 Å². The molecule has 0 fully saturated rings. The molecule has 1 atom stereocenters. The number of benzene rings is 1. The smallest absolute Gasteiger partial charge is 0.248 e. The number of rotatable bonds is 7. The third-order valence-corrected chi connectivity index (χ3v) is 4.58. The van der Waals surface area contributed by atoms with Gasteiger partial charge >= 0.3 is 0 Å². The molecule has 2 aromatic heterocycles. The molecule has 0 bridgehead atoms. The van der Waals surface area contributed by atoms with Crippen molar-refractivity contribution in [2.45, 2.75) is 44.9 Å². The van der Waals surface area contributed by atoms with Gasteiger partial charge in [-0.3, -0.25) is 9.78 Å². The summed E-state index contributed by atoms with van der Waals surface area (Å²) in [5.74, 6) is 0.354. The minimum Gasteiger partial charge on any atom is -0.322 e. The van der Waals surface area contributed by atoms with Gasteiger partial charge in [-0.2, -0.15) is 0 Å². The first kappa shape index (κ1) is 16.4. The zero-order chi connectivity index (χ0) is 16.8. The third-order valence-electron chi connectivity index (χ3n) is 4.58. The van der Waals surface area contributed by atoms with Crippen molar-refractivity contribution < 1.29 is 0 Å². The fourth-order valence-electron chi connectivity index (χ4n) is 3.27. The second kappa shape index (κ2) is 7.91. The van der Waals surface area contributed by atoms with E-state index < -0.39 is 0 Å². The van der Waals surface area contributed by atoms with Gasteiger partial charge in [0.1, 0.15) is 0 Å². The molecule has 3 aromatic rings. The van der Waals surface area contributed by atoms with E-state index in [9.17, 15) is 4.79 Å². The Bertz CT molecular complexity index is 839. The first-order valence-electron chi connectivity index (χ1n) is 8.81. The van der Waals surface area contributed by atoms with Crippen LogP contribution in [0.2, 0.25) is 0 Å². The number of nitrogens with one attached hydrogen (secondary N) is 1. The van der Waals surface area contributed by atoms with Gasteiger partial charge in [0.2, 0.25) is 5.56 Å². The van der Waals surface area contributed by atoms with Crippen molar-refractivity contribution in [3.05, 3.63) is 76.3 Å². The summed E-state index contributed by atoms with van der Waals surface area (Å²) in [5.41, 5.74) is 3.39. The molecule has 3 rings (SSSR count). The fourth-order valence-corrected chi connectivity index (χ4v) is 3.27. The van der Waals surface area contributed by atoms with Crippen LogP contribution in [0, 0.1) is 0 Å². The summed E-state index contributed by atoms with van der Waals surface area (Å²) in [6.07, 6.45) is 9.95. The Morgan fingerprint density at radius 3 is 2.75 bits per heavy atom. The molecule has 0 saturated heterocycles. The lowest BCUT2D eigenvalue weighted by molar-refractivity contribution is 0.596. The fraction of sp³-hybridized carbons (Fsp3) is 0.333. The Balaban J connectivity index is 1.92. The number of aromatic nitrogens is 2. The van der Waals surface area contributed by atoms with E-state index in [1.165, 1.54) is 36.8 Å². The number of hydrogen-bond acceptors (Lipinski definition) is 2. The average molecular weight is 320 g/mol. The van der Waals surface area contributed by atoms with Crippen LogP contribution in [0.1, 0.15) is 56.1 Å². The molecular formula is C21H24N2O. The van der Waals surface area contributed by atoms with E-state index in [0.717, 1.165) is 17.3 Å². The van der Waals surface area contributed by atoms with Gasteiger partial charge in [-0.25, -0.2) is 0 Å². The highest BCUT2D eigenvalue weighted by molar-refractivity contribution is 5.79. The second-order valence-corrected chi connectivity index (χ2v) is 6.36. The quantitative estimate of drug-likeness (QED) is 0.621. The molecule has 1 aromatic carbocycles. The van der Waals surface area contributed by atoms with Crippen molar-refractivity contribution in [3.63, 3.8) is 0 Å². The van der Waals surface area contributed by atoms with Gasteiger partial charge in [-0.15, -0.1) is 0 Å². The maximum atomic E-state index is 11.5. The molecule has 0 aliphatic rings. The van der Waals surface area contributed by atoms with E-state index in [-0.39, 0.29) is 5.56 Å². The molecule has 0 amide bonds. The van der Waals surface area contributed by atoms with E-state index in [0.29, 0.717) is 5.92 Å². The van der Waals surface area contributed by atoms with E-state index in [1.54, 1.807) is 6.07 Å². The number of unbranched alkanes of at least 4 members (excludes halogenated alkanes) is 3. The van der Waals surface area contributed by atoms with Crippen molar-refractivity contribution in [1.29, 1.82) is 0 Å². The second-order valence-electron chi connectivity index (χ2n) is 6.36. The molecule has 124 valence electrons. The number of H-pyrrole nitrogens is 1. The standard InChI is InChI=1S/C21H24N2O/c1-2-3-4-5-8-19(18-7-6-13-22-15-18)16-9-11-20-17(14-16)10-12-21(24)23-20/h6-7,9-15,19H,2-5,8H2,1H3,(H,23,24). The Morgan fingerprint density at radius 1 is 1.04 bits per heavy atom. The molecule has 0 saturated carbocycles. The molecule has 3 heteroatoms. The third kappa shape index (κ3) is 3.91. The van der Waals surface area contributed by atoms with Gasteiger partial charge in [0.05, 0.1) is 0 Å². The van der Waals surface area contributed by atoms with Crippen LogP contribution in [-0.2, 0) is 0 Å². The van der Waals surface area contributed by atoms with Crippen molar-refractivity contribution in [2.75, 3.05) is 0 Å². The molecule has 0 aliphatic heterocycles. The molecular weight excluding hydrogens is 296 g/mol. The van der Waals surface area contributed by atoms with Gasteiger partial charge in [-0.1, -0.05) is 44.7 Å². The lowest BCUT2D eigenvalue weighted by atomic mass is 9.87. The Kier molecular flexibility index (Phi) is 5.42. The largest absolute Gasteiger partial charge is 0.322 e. The zero-order valence-electron chi connectivity index (χ0n) is 14.2. The van der Waals surface area contributed by atoms with Crippen molar-refractivity contribution in [2.24, 2.45) is 0 Å². The van der Waals surface area contributed by atoms with Gasteiger partial charge in [-0.05, 0) is 47.2 Å². The summed E-state index contributed by atoms with van der Waals surface area (Å²) < 4.78 is 0. The molecule has 0 spiro atoms. The molecule has 1 N–H and O–H groups in total. The summed E-state index contributed by atoms with van der Waals surface area (Å²) in [5, 5.41) is 1.08. The highest BCUT2D eigenvalue weighted by Crippen LogP contribution is 2.31. The van der Waals surface area contributed by atoms with Crippen LogP contribution in [0.15, 0.2) is 59.7 Å². The first-order chi connectivity index (χ1) is 11.8. The number of aromatic amines is 1. The minimum absolute atomic E-state index is 0.0568. The Labute approximate surface area is 142 Å². The SMILES string of the molecule is CCCCCCC(c1cccnc1)c1ccc2[nH]c(=O)ccc2c1. The van der Waals surface area contributed by atoms with Crippen LogP contribution in [0.5, 0.6) is 0 Å². The van der Waals surface area contributed by atoms with E-state index in [2.05, 4.69) is 35.1 Å². The predicted molar refractivity (Wildman–Crippen MR) is 99.4 cm³/mol. The number of pyridine rings is 2. The predicted octanol–water partition coefficient (Wildman–Crippen LogP) is 5.03. The van der Waals surface area contributed by atoms with Crippen LogP contribution in [0.25, 0.3) is 10.9 Å². The van der Waals surface area contributed by atoms with Crippen LogP contribution in [0.4, 0.5) is 0 Å². The van der Waals surface area contributed by atoms with Crippen LogP contribution < -0.4 is 5.56 Å². The van der Waals surface area contributed by atoms with Crippen molar-refractivity contribution in [3.8, 4) is 0 Å². The summed E-state index contributed by atoms with van der Waals surface area (Å²) in [4.78, 5) is 18.7. The number of nitrogens with zero attached hydrogens (tertiary/aromatic N) is 1. The highest BCUT2D eigenvalue weighted by Gasteiger charge is 2.14. The van der Waals surface area contributed by atoms with Gasteiger partial charge in [0.25, 0.3) is 0 Å². The molecule has 1 unspecified atom stereocenters. The highest BCUT2D eigenvalue weighted by atomic mass is 16.1. The first-order valence-corrected chi connectivity index (χ1v) is 8.81. The normalized spacial score (nSPS) is 12.4. The summed E-state index contributed by atoms with van der Waals surface area (Å²) in [6.45, 7) is 2.24. The van der Waals surface area contributed by atoms with Crippen LogP contribution in [-0.4, -0.2) is 9.97 Å². The summed E-state index contributed by atoms with van der Waals surface area (Å²) in [7, 11) is 0. The van der Waals surface area contributed by atoms with Gasteiger partial charge < -0.3 is 4.98 Å². The molecule has 24 heavy (non-hydrogen) atoms. The van der Waals surface area contributed by atoms with E-state index in [4.69, 9.17) is 0 Å². The lowest BCUT2D eigenvalue weighted by Gasteiger charge is -2.18. The zero-order valence-corrected chi connectivity index (χ0v) is 14.2. The molecule has 2 heterocycles. The van der Waals surface area contributed by atoms with Crippen LogP contribution >= 0.6 is 0 Å². The van der Waals surface area contributed by atoms with E-state index in [1.807, 2.05) is 30.6 Å². The average Bonchev–Trinajstić information content (AvgIpc) is 2.62. The monoisotopic (exact) mass is 320 g/mol. The number of hydrogen-bond donors (Lipinski definition) is 1. The molecule has 0 aliphatic carbocycles. The van der Waals surface area contributed by atoms with Gasteiger partial charge in [0.15, 0.2) is 0 Å². The maximum absolute atomic E-state index is 11.5. The molecule has 3 nitrogen and oxygen atoms in total. The number of fused-ring (bicyclic) bond motifs is 1. The van der Waals surface area contributed by atoms with Gasteiger partial charge in [0, 0.05) is 29.9 Å². The Hall–Kier alpha value is -2.42. The van der Waals surface area contributed by atoms with Crippen molar-refractivity contribution in [1.82, 2.24) is 9.97 Å². The maximum Gasteiger partial charge on any atom is 0.248 e. The minimum atomic E-state index is -0.0568. The topological polar surface area (TPSA) is 45.8 Å². The van der Waals surface area contributed by atoms with Crippen LogP contribution in [0.3, 0.4) is 0 Å². The summed E-state index contributed by atoms with van der Waals surface area (Å²) >= 11 is 0. The molecule has 0 radical (unpaired) electrons. The summed E-state index contributed by atoms with van der Waals surface area (Å²) in [6, 6.07) is 14.0. The lowest BCUT2D eigenvalue weighted by Crippen LogP contribution is -2.05. The van der Waals surface area contributed by atoms with E-state index >= 15 is 0 Å². The Morgan fingerprint density at radius 2 is 1.96 bits per heavy atom.